The van der Waals surface area contributed by atoms with Gasteiger partial charge in [0.15, 0.2) is 0 Å². The van der Waals surface area contributed by atoms with E-state index in [9.17, 15) is 9.90 Å². The lowest BCUT2D eigenvalue weighted by molar-refractivity contribution is -0.130. The average molecular weight is 325 g/mol. The Morgan fingerprint density at radius 2 is 2.00 bits per heavy atom. The first-order valence-corrected chi connectivity index (χ1v) is 8.20. The van der Waals surface area contributed by atoms with Crippen molar-refractivity contribution in [2.75, 3.05) is 33.7 Å². The highest BCUT2D eigenvalue weighted by Gasteiger charge is 2.24. The molecule has 1 aromatic rings. The molecule has 0 spiro atoms. The van der Waals surface area contributed by atoms with Crippen LogP contribution in [0.25, 0.3) is 0 Å². The van der Waals surface area contributed by atoms with Crippen molar-refractivity contribution in [1.29, 1.82) is 0 Å². The molecule has 1 fully saturated rings. The van der Waals surface area contributed by atoms with E-state index in [0.29, 0.717) is 23.9 Å². The van der Waals surface area contributed by atoms with Crippen LogP contribution in [-0.4, -0.2) is 54.5 Å². The zero-order valence-corrected chi connectivity index (χ0v) is 14.1. The van der Waals surface area contributed by atoms with Crippen LogP contribution in [0.4, 0.5) is 0 Å². The van der Waals surface area contributed by atoms with Gasteiger partial charge in [-0.15, -0.1) is 0 Å². The Kier molecular flexibility index (Phi) is 6.24. The summed E-state index contributed by atoms with van der Waals surface area (Å²) in [6.45, 7) is 2.44. The molecule has 1 amide bonds. The number of piperidine rings is 1. The molecule has 0 radical (unpaired) electrons. The minimum Gasteiger partial charge on any atom is -0.387 e. The summed E-state index contributed by atoms with van der Waals surface area (Å²) in [6.07, 6.45) is 2.09. The fraction of sp³-hybridized carbons (Fsp3) is 0.588. The maximum atomic E-state index is 11.8. The number of β-amino-alcohol motifs (C(OH)–C–C–N with tert-alkyl or cyclic N) is 1. The summed E-state index contributed by atoms with van der Waals surface area (Å²) in [6, 6.07) is 7.43. The molecular formula is C17H25ClN2O2. The van der Waals surface area contributed by atoms with Crippen LogP contribution in [0.15, 0.2) is 24.3 Å². The highest BCUT2D eigenvalue weighted by Crippen LogP contribution is 2.26. The van der Waals surface area contributed by atoms with Crippen molar-refractivity contribution in [3.05, 3.63) is 34.9 Å². The van der Waals surface area contributed by atoms with Crippen LogP contribution in [0.1, 0.15) is 30.9 Å². The maximum absolute atomic E-state index is 11.8. The van der Waals surface area contributed by atoms with E-state index in [2.05, 4.69) is 4.90 Å². The fourth-order valence-corrected chi connectivity index (χ4v) is 3.15. The summed E-state index contributed by atoms with van der Waals surface area (Å²) in [5.41, 5.74) is 0.786. The Morgan fingerprint density at radius 3 is 2.59 bits per heavy atom. The van der Waals surface area contributed by atoms with Gasteiger partial charge in [-0.3, -0.25) is 4.79 Å². The third-order valence-electron chi connectivity index (χ3n) is 4.36. The van der Waals surface area contributed by atoms with Crippen LogP contribution in [0.3, 0.4) is 0 Å². The molecule has 1 unspecified atom stereocenters. The minimum absolute atomic E-state index is 0.203. The molecule has 122 valence electrons. The van der Waals surface area contributed by atoms with E-state index in [0.717, 1.165) is 31.5 Å². The van der Waals surface area contributed by atoms with Gasteiger partial charge >= 0.3 is 0 Å². The predicted molar refractivity (Wildman–Crippen MR) is 88.9 cm³/mol. The predicted octanol–water partition coefficient (Wildman–Crippen LogP) is 2.56. The van der Waals surface area contributed by atoms with Crippen molar-refractivity contribution in [2.45, 2.75) is 25.4 Å². The number of aliphatic hydroxyl groups is 1. The van der Waals surface area contributed by atoms with Crippen LogP contribution >= 0.6 is 11.6 Å². The quantitative estimate of drug-likeness (QED) is 0.905. The molecule has 1 saturated heterocycles. The standard InChI is InChI=1S/C17H25ClN2O2/c1-19(2)17(22)11-13-7-9-20(10-8-13)12-16(21)14-5-3-4-6-15(14)18/h3-6,13,16,21H,7-12H2,1-2H3. The Balaban J connectivity index is 1.80. The number of likely N-dealkylation sites (tertiary alicyclic amines) is 1. The van der Waals surface area contributed by atoms with E-state index in [4.69, 9.17) is 11.6 Å². The maximum Gasteiger partial charge on any atom is 0.222 e. The molecule has 4 nitrogen and oxygen atoms in total. The summed E-state index contributed by atoms with van der Waals surface area (Å²) >= 11 is 6.13. The SMILES string of the molecule is CN(C)C(=O)CC1CCN(CC(O)c2ccccc2Cl)CC1. The molecule has 1 heterocycles. The molecule has 0 bridgehead atoms. The smallest absolute Gasteiger partial charge is 0.222 e. The number of hydrogen-bond acceptors (Lipinski definition) is 3. The van der Waals surface area contributed by atoms with E-state index < -0.39 is 6.10 Å². The highest BCUT2D eigenvalue weighted by atomic mass is 35.5. The number of carbonyl (C=O) groups excluding carboxylic acids is 1. The molecular weight excluding hydrogens is 300 g/mol. The van der Waals surface area contributed by atoms with Crippen LogP contribution < -0.4 is 0 Å². The Hall–Kier alpha value is -1.10. The summed E-state index contributed by atoms with van der Waals surface area (Å²) in [4.78, 5) is 15.7. The molecule has 1 aromatic carbocycles. The molecule has 5 heteroatoms. The van der Waals surface area contributed by atoms with Gasteiger partial charge in [0.1, 0.15) is 0 Å². The number of carbonyl (C=O) groups is 1. The Labute approximate surface area is 137 Å². The lowest BCUT2D eigenvalue weighted by atomic mass is 9.92. The van der Waals surface area contributed by atoms with E-state index in [-0.39, 0.29) is 5.91 Å². The lowest BCUT2D eigenvalue weighted by Crippen LogP contribution is -2.38. The molecule has 2 rings (SSSR count). The number of amides is 1. The Bertz CT molecular complexity index is 499. The minimum atomic E-state index is -0.561. The zero-order chi connectivity index (χ0) is 16.1. The number of benzene rings is 1. The van der Waals surface area contributed by atoms with Gasteiger partial charge in [0.25, 0.3) is 0 Å². The van der Waals surface area contributed by atoms with Crippen molar-refractivity contribution < 1.29 is 9.90 Å². The molecule has 1 atom stereocenters. The second-order valence-corrected chi connectivity index (χ2v) is 6.68. The largest absolute Gasteiger partial charge is 0.387 e. The Morgan fingerprint density at radius 1 is 1.36 bits per heavy atom. The van der Waals surface area contributed by atoms with E-state index in [1.807, 2.05) is 18.2 Å². The number of nitrogens with zero attached hydrogens (tertiary/aromatic N) is 2. The molecule has 0 aliphatic carbocycles. The third kappa shape index (κ3) is 4.70. The average Bonchev–Trinajstić information content (AvgIpc) is 2.49. The number of hydrogen-bond donors (Lipinski definition) is 1. The summed E-state index contributed by atoms with van der Waals surface area (Å²) in [5.74, 6) is 0.665. The fourth-order valence-electron chi connectivity index (χ4n) is 2.89. The first-order valence-electron chi connectivity index (χ1n) is 7.82. The van der Waals surface area contributed by atoms with Crippen LogP contribution in [0, 0.1) is 5.92 Å². The van der Waals surface area contributed by atoms with Gasteiger partial charge in [-0.2, -0.15) is 0 Å². The number of aliphatic hydroxyl groups excluding tert-OH is 1. The summed E-state index contributed by atoms with van der Waals surface area (Å²) in [5, 5.41) is 11.0. The van der Waals surface area contributed by atoms with Crippen molar-refractivity contribution in [1.82, 2.24) is 9.80 Å². The van der Waals surface area contributed by atoms with Crippen molar-refractivity contribution in [2.24, 2.45) is 5.92 Å². The van der Waals surface area contributed by atoms with E-state index in [1.165, 1.54) is 0 Å². The van der Waals surface area contributed by atoms with Gasteiger partial charge < -0.3 is 14.9 Å². The van der Waals surface area contributed by atoms with Crippen molar-refractivity contribution in [3.63, 3.8) is 0 Å². The topological polar surface area (TPSA) is 43.8 Å². The summed E-state index contributed by atoms with van der Waals surface area (Å²) in [7, 11) is 3.61. The molecule has 1 N–H and O–H groups in total. The molecule has 22 heavy (non-hydrogen) atoms. The highest BCUT2D eigenvalue weighted by molar-refractivity contribution is 6.31. The van der Waals surface area contributed by atoms with Gasteiger partial charge in [-0.05, 0) is 37.9 Å². The third-order valence-corrected chi connectivity index (χ3v) is 4.71. The summed E-state index contributed by atoms with van der Waals surface area (Å²) < 4.78 is 0. The zero-order valence-electron chi connectivity index (χ0n) is 13.3. The molecule has 1 aliphatic heterocycles. The monoisotopic (exact) mass is 324 g/mol. The molecule has 1 aliphatic rings. The van der Waals surface area contributed by atoms with E-state index >= 15 is 0 Å². The van der Waals surface area contributed by atoms with Crippen molar-refractivity contribution in [3.8, 4) is 0 Å². The van der Waals surface area contributed by atoms with Crippen LogP contribution in [0.2, 0.25) is 5.02 Å². The van der Waals surface area contributed by atoms with Crippen LogP contribution in [-0.2, 0) is 4.79 Å². The van der Waals surface area contributed by atoms with Gasteiger partial charge in [0.2, 0.25) is 5.91 Å². The lowest BCUT2D eigenvalue weighted by Gasteiger charge is -2.33. The molecule has 0 aromatic heterocycles. The number of halogens is 1. The van der Waals surface area contributed by atoms with Gasteiger partial charge in [0.05, 0.1) is 6.10 Å². The van der Waals surface area contributed by atoms with E-state index in [1.54, 1.807) is 25.1 Å². The number of rotatable bonds is 5. The van der Waals surface area contributed by atoms with Crippen molar-refractivity contribution >= 4 is 17.5 Å². The molecule has 0 saturated carbocycles. The first-order chi connectivity index (χ1) is 10.5. The first kappa shape index (κ1) is 17.3. The van der Waals surface area contributed by atoms with Crippen LogP contribution in [0.5, 0.6) is 0 Å². The normalized spacial score (nSPS) is 18.2. The van der Waals surface area contributed by atoms with Gasteiger partial charge in [-0.25, -0.2) is 0 Å². The van der Waals surface area contributed by atoms with Gasteiger partial charge in [-0.1, -0.05) is 29.8 Å². The second kappa shape index (κ2) is 7.95. The van der Waals surface area contributed by atoms with Gasteiger partial charge in [0, 0.05) is 37.6 Å². The second-order valence-electron chi connectivity index (χ2n) is 6.27.